The molecule has 0 aliphatic heterocycles. The topological polar surface area (TPSA) is 29.5 Å². The molecule has 1 unspecified atom stereocenters. The van der Waals surface area contributed by atoms with E-state index >= 15 is 0 Å². The van der Waals surface area contributed by atoms with E-state index in [1.165, 1.54) is 0 Å². The van der Waals surface area contributed by atoms with Gasteiger partial charge < -0.3 is 9.84 Å². The standard InChI is InChI=1S/C8H12O2/c1-3-5-8(10-2)6-4-7-9/h3,5,8-9H,7H2,1-2H3/b5-3+. The second-order valence-electron chi connectivity index (χ2n) is 1.66. The van der Waals surface area contributed by atoms with Gasteiger partial charge in [-0.3, -0.25) is 0 Å². The van der Waals surface area contributed by atoms with Crippen LogP contribution in [0.1, 0.15) is 6.92 Å². The highest BCUT2D eigenvalue weighted by Crippen LogP contribution is 1.88. The maximum absolute atomic E-state index is 8.33. The molecular formula is C8H12O2. The van der Waals surface area contributed by atoms with Crippen LogP contribution >= 0.6 is 0 Å². The number of allylic oxidation sites excluding steroid dienone is 1. The van der Waals surface area contributed by atoms with E-state index in [1.54, 1.807) is 7.11 Å². The van der Waals surface area contributed by atoms with Crippen molar-refractivity contribution < 1.29 is 9.84 Å². The van der Waals surface area contributed by atoms with Crippen LogP contribution in [-0.4, -0.2) is 24.9 Å². The van der Waals surface area contributed by atoms with Crippen molar-refractivity contribution in [2.24, 2.45) is 0 Å². The Morgan fingerprint density at radius 2 is 2.40 bits per heavy atom. The molecule has 0 aliphatic rings. The molecule has 0 saturated carbocycles. The number of hydrogen-bond donors (Lipinski definition) is 1. The van der Waals surface area contributed by atoms with Crippen LogP contribution in [0, 0.1) is 11.8 Å². The van der Waals surface area contributed by atoms with Gasteiger partial charge in [-0.15, -0.1) is 0 Å². The molecule has 0 aliphatic carbocycles. The molecule has 0 saturated heterocycles. The molecule has 10 heavy (non-hydrogen) atoms. The third-order valence-corrected chi connectivity index (χ3v) is 0.945. The van der Waals surface area contributed by atoms with Gasteiger partial charge in [0.1, 0.15) is 12.7 Å². The molecule has 0 aromatic rings. The summed E-state index contributed by atoms with van der Waals surface area (Å²) in [6.45, 7) is 1.78. The monoisotopic (exact) mass is 140 g/mol. The summed E-state index contributed by atoms with van der Waals surface area (Å²) in [5, 5.41) is 8.33. The number of aliphatic hydroxyl groups excluding tert-OH is 1. The summed E-state index contributed by atoms with van der Waals surface area (Å²) in [5.41, 5.74) is 0. The van der Waals surface area contributed by atoms with E-state index in [4.69, 9.17) is 9.84 Å². The fraction of sp³-hybridized carbons (Fsp3) is 0.500. The lowest BCUT2D eigenvalue weighted by Crippen LogP contribution is -2.02. The quantitative estimate of drug-likeness (QED) is 0.449. The minimum atomic E-state index is -0.183. The zero-order chi connectivity index (χ0) is 7.82. The summed E-state index contributed by atoms with van der Waals surface area (Å²) in [6, 6.07) is 0. The van der Waals surface area contributed by atoms with Gasteiger partial charge in [-0.2, -0.15) is 0 Å². The molecule has 1 atom stereocenters. The van der Waals surface area contributed by atoms with Gasteiger partial charge in [0.25, 0.3) is 0 Å². The molecule has 56 valence electrons. The number of rotatable bonds is 2. The second-order valence-corrected chi connectivity index (χ2v) is 1.66. The van der Waals surface area contributed by atoms with E-state index in [9.17, 15) is 0 Å². The molecule has 0 aromatic carbocycles. The van der Waals surface area contributed by atoms with E-state index in [-0.39, 0.29) is 12.7 Å². The maximum atomic E-state index is 8.33. The van der Waals surface area contributed by atoms with Crippen LogP contribution in [-0.2, 0) is 4.74 Å². The SMILES string of the molecule is C/C=C/C(C#CCO)OC. The van der Waals surface area contributed by atoms with Gasteiger partial charge in [0.05, 0.1) is 0 Å². The van der Waals surface area contributed by atoms with Crippen molar-refractivity contribution in [3.63, 3.8) is 0 Å². The predicted molar refractivity (Wildman–Crippen MR) is 40.5 cm³/mol. The molecule has 1 N–H and O–H groups in total. The zero-order valence-electron chi connectivity index (χ0n) is 6.29. The normalized spacial score (nSPS) is 12.7. The number of hydrogen-bond acceptors (Lipinski definition) is 2. The molecule has 0 amide bonds. The lowest BCUT2D eigenvalue weighted by molar-refractivity contribution is 0.184. The Balaban J connectivity index is 3.82. The van der Waals surface area contributed by atoms with Gasteiger partial charge >= 0.3 is 0 Å². The summed E-state index contributed by atoms with van der Waals surface area (Å²) in [5.74, 6) is 5.22. The number of ether oxygens (including phenoxy) is 1. The van der Waals surface area contributed by atoms with Crippen molar-refractivity contribution in [3.05, 3.63) is 12.2 Å². The third-order valence-electron chi connectivity index (χ3n) is 0.945. The second kappa shape index (κ2) is 6.34. The first-order chi connectivity index (χ1) is 4.85. The van der Waals surface area contributed by atoms with Crippen LogP contribution in [0.4, 0.5) is 0 Å². The fourth-order valence-electron chi connectivity index (χ4n) is 0.507. The Bertz CT molecular complexity index is 150. The largest absolute Gasteiger partial charge is 0.384 e. The van der Waals surface area contributed by atoms with Crippen molar-refractivity contribution in [1.82, 2.24) is 0 Å². The first-order valence-electron chi connectivity index (χ1n) is 3.10. The van der Waals surface area contributed by atoms with Gasteiger partial charge in [0, 0.05) is 7.11 Å². The molecule has 0 bridgehead atoms. The van der Waals surface area contributed by atoms with Gasteiger partial charge in [0.2, 0.25) is 0 Å². The average molecular weight is 140 g/mol. The Hall–Kier alpha value is -0.780. The summed E-state index contributed by atoms with van der Waals surface area (Å²) >= 11 is 0. The highest BCUT2D eigenvalue weighted by atomic mass is 16.5. The Morgan fingerprint density at radius 3 is 2.80 bits per heavy atom. The molecule has 0 fully saturated rings. The Labute approximate surface area is 61.5 Å². The minimum absolute atomic E-state index is 0.114. The molecule has 2 heteroatoms. The molecule has 0 aromatic heterocycles. The molecule has 0 rings (SSSR count). The summed E-state index contributed by atoms with van der Waals surface area (Å²) < 4.78 is 4.92. The van der Waals surface area contributed by atoms with Crippen LogP contribution in [0.3, 0.4) is 0 Å². The molecular weight excluding hydrogens is 128 g/mol. The van der Waals surface area contributed by atoms with E-state index in [0.29, 0.717) is 0 Å². The van der Waals surface area contributed by atoms with Crippen molar-refractivity contribution in [1.29, 1.82) is 0 Å². The molecule has 0 heterocycles. The Kier molecular flexibility index (Phi) is 5.85. The Morgan fingerprint density at radius 1 is 1.70 bits per heavy atom. The van der Waals surface area contributed by atoms with E-state index in [2.05, 4.69) is 11.8 Å². The van der Waals surface area contributed by atoms with Crippen molar-refractivity contribution in [2.45, 2.75) is 13.0 Å². The predicted octanol–water partition coefficient (Wildman–Crippen LogP) is 0.573. The van der Waals surface area contributed by atoms with Gasteiger partial charge in [0.15, 0.2) is 0 Å². The van der Waals surface area contributed by atoms with Crippen LogP contribution in [0.25, 0.3) is 0 Å². The lowest BCUT2D eigenvalue weighted by atomic mass is 10.3. The first kappa shape index (κ1) is 9.22. The molecule has 2 nitrogen and oxygen atoms in total. The summed E-state index contributed by atoms with van der Waals surface area (Å²) in [7, 11) is 1.58. The zero-order valence-corrected chi connectivity index (χ0v) is 6.29. The average Bonchev–Trinajstić information content (AvgIpc) is 1.98. The molecule has 0 radical (unpaired) electrons. The van der Waals surface area contributed by atoms with Crippen LogP contribution in [0.5, 0.6) is 0 Å². The summed E-state index contributed by atoms with van der Waals surface area (Å²) in [6.07, 6.45) is 3.50. The maximum Gasteiger partial charge on any atom is 0.136 e. The fourth-order valence-corrected chi connectivity index (χ4v) is 0.507. The van der Waals surface area contributed by atoms with Crippen molar-refractivity contribution >= 4 is 0 Å². The number of aliphatic hydroxyl groups is 1. The van der Waals surface area contributed by atoms with Crippen LogP contribution in [0.15, 0.2) is 12.2 Å². The van der Waals surface area contributed by atoms with Crippen LogP contribution < -0.4 is 0 Å². The highest BCUT2D eigenvalue weighted by molar-refractivity contribution is 5.12. The van der Waals surface area contributed by atoms with E-state index in [1.807, 2.05) is 19.1 Å². The van der Waals surface area contributed by atoms with Gasteiger partial charge in [-0.25, -0.2) is 0 Å². The van der Waals surface area contributed by atoms with Gasteiger partial charge in [-0.1, -0.05) is 17.9 Å². The third kappa shape index (κ3) is 4.13. The highest BCUT2D eigenvalue weighted by Gasteiger charge is 1.91. The lowest BCUT2D eigenvalue weighted by Gasteiger charge is -1.99. The van der Waals surface area contributed by atoms with Crippen molar-refractivity contribution in [3.8, 4) is 11.8 Å². The minimum Gasteiger partial charge on any atom is -0.384 e. The van der Waals surface area contributed by atoms with Crippen molar-refractivity contribution in [2.75, 3.05) is 13.7 Å². The van der Waals surface area contributed by atoms with Gasteiger partial charge in [-0.05, 0) is 13.0 Å². The molecule has 0 spiro atoms. The summed E-state index contributed by atoms with van der Waals surface area (Å²) in [4.78, 5) is 0. The van der Waals surface area contributed by atoms with E-state index in [0.717, 1.165) is 0 Å². The van der Waals surface area contributed by atoms with E-state index < -0.39 is 0 Å². The number of methoxy groups -OCH3 is 1. The van der Waals surface area contributed by atoms with Crippen LogP contribution in [0.2, 0.25) is 0 Å². The smallest absolute Gasteiger partial charge is 0.136 e. The first-order valence-corrected chi connectivity index (χ1v) is 3.10.